The molecule has 0 aliphatic carbocycles. The molecule has 4 rings (SSSR count). The Balaban J connectivity index is 1.96. The fourth-order valence-electron chi connectivity index (χ4n) is 3.90. The van der Waals surface area contributed by atoms with Crippen LogP contribution in [0.1, 0.15) is 35.2 Å². The lowest BCUT2D eigenvalue weighted by Crippen LogP contribution is -2.17. The van der Waals surface area contributed by atoms with Crippen LogP contribution < -0.4 is 10.3 Å². The van der Waals surface area contributed by atoms with E-state index in [-0.39, 0.29) is 18.5 Å². The maximum atomic E-state index is 15.1. The number of hydrogen-bond donors (Lipinski definition) is 2. The molecule has 0 bridgehead atoms. The van der Waals surface area contributed by atoms with Gasteiger partial charge in [0.15, 0.2) is 0 Å². The Hall–Kier alpha value is -3.17. The van der Waals surface area contributed by atoms with Gasteiger partial charge in [-0.15, -0.1) is 0 Å². The molecule has 1 aromatic heterocycles. The lowest BCUT2D eigenvalue weighted by atomic mass is 9.90. The molecule has 0 saturated heterocycles. The molecule has 0 saturated carbocycles. The maximum Gasteiger partial charge on any atom is 0.250 e. The van der Waals surface area contributed by atoms with Gasteiger partial charge in [-0.1, -0.05) is 0 Å². The number of aromatic nitrogens is 1. The molecule has 1 aliphatic heterocycles. The summed E-state index contributed by atoms with van der Waals surface area (Å²) in [6, 6.07) is 9.96. The smallest absolute Gasteiger partial charge is 0.250 e. The number of aliphatic imine (C=N–C) groups is 1. The monoisotopic (exact) mass is 457 g/mol. The summed E-state index contributed by atoms with van der Waals surface area (Å²) in [5, 5.41) is 0. The number of pyridine rings is 1. The van der Waals surface area contributed by atoms with Gasteiger partial charge in [0.1, 0.15) is 11.6 Å². The van der Waals surface area contributed by atoms with Gasteiger partial charge >= 0.3 is 0 Å². The molecular formula is C23H21F2N3O3S. The van der Waals surface area contributed by atoms with Gasteiger partial charge in [0.2, 0.25) is 10.9 Å². The molecule has 0 amide bonds. The van der Waals surface area contributed by atoms with E-state index in [0.717, 1.165) is 5.56 Å². The molecule has 2 aromatic carbocycles. The fourth-order valence-corrected chi connectivity index (χ4v) is 4.19. The highest BCUT2D eigenvalue weighted by Gasteiger charge is 2.25. The molecule has 1 atom stereocenters. The standard InChI is InChI=1S/C23H21F2N3O3S/c1-13-17-11-22(29)28(2)12-20(17)18-9-15(7-8-26-32(30)31)21(25)10-19(18)23(27-13)14-3-5-16(24)6-4-14/h3-6,9-13,32H,7-8H2,1-2H3,(H,26,30,31)/t13-/m0/s1. The summed E-state index contributed by atoms with van der Waals surface area (Å²) in [7, 11) is -1.14. The van der Waals surface area contributed by atoms with E-state index in [0.29, 0.717) is 33.5 Å². The van der Waals surface area contributed by atoms with Crippen LogP contribution >= 0.6 is 0 Å². The van der Waals surface area contributed by atoms with Gasteiger partial charge in [0.05, 0.1) is 11.8 Å². The first-order valence-corrected chi connectivity index (χ1v) is 11.2. The molecule has 0 spiro atoms. The van der Waals surface area contributed by atoms with Crippen molar-refractivity contribution in [1.82, 2.24) is 9.29 Å². The normalized spacial score (nSPS) is 15.2. The van der Waals surface area contributed by atoms with Crippen LogP contribution in [0.2, 0.25) is 0 Å². The number of rotatable bonds is 5. The molecule has 6 nitrogen and oxygen atoms in total. The van der Waals surface area contributed by atoms with Crippen molar-refractivity contribution >= 4 is 16.6 Å². The van der Waals surface area contributed by atoms with Crippen molar-refractivity contribution in [2.24, 2.45) is 12.0 Å². The lowest BCUT2D eigenvalue weighted by molar-refractivity contribution is 0.593. The predicted octanol–water partition coefficient (Wildman–Crippen LogP) is 2.90. The first-order chi connectivity index (χ1) is 15.2. The Bertz CT molecular complexity index is 1350. The minimum atomic E-state index is -2.78. The van der Waals surface area contributed by atoms with E-state index >= 15 is 4.39 Å². The third-order valence-electron chi connectivity index (χ3n) is 5.52. The van der Waals surface area contributed by atoms with Crippen LogP contribution in [0.3, 0.4) is 0 Å². The topological polar surface area (TPSA) is 80.5 Å². The van der Waals surface area contributed by atoms with Gasteiger partial charge in [-0.3, -0.25) is 9.79 Å². The first kappa shape index (κ1) is 22.0. The fraction of sp³-hybridized carbons (Fsp3) is 0.217. The second kappa shape index (κ2) is 8.76. The largest absolute Gasteiger partial charge is 0.318 e. The van der Waals surface area contributed by atoms with Crippen LogP contribution in [0.5, 0.6) is 0 Å². The van der Waals surface area contributed by atoms with Crippen molar-refractivity contribution in [2.75, 3.05) is 6.54 Å². The van der Waals surface area contributed by atoms with Gasteiger partial charge in [-0.05, 0) is 66.4 Å². The summed E-state index contributed by atoms with van der Waals surface area (Å²) in [6.45, 7) is 1.91. The van der Waals surface area contributed by atoms with E-state index in [9.17, 15) is 17.6 Å². The number of fused-ring (bicyclic) bond motifs is 3. The molecule has 0 fully saturated rings. The van der Waals surface area contributed by atoms with Crippen LogP contribution in [0.15, 0.2) is 58.4 Å². The summed E-state index contributed by atoms with van der Waals surface area (Å²) < 4.78 is 53.9. The van der Waals surface area contributed by atoms with Gasteiger partial charge in [0, 0.05) is 42.5 Å². The van der Waals surface area contributed by atoms with E-state index in [1.165, 1.54) is 28.8 Å². The minimum absolute atomic E-state index is 0.0594. The third kappa shape index (κ3) is 4.26. The molecule has 1 aliphatic rings. The van der Waals surface area contributed by atoms with Crippen molar-refractivity contribution in [3.8, 4) is 11.1 Å². The molecule has 3 aromatic rings. The molecule has 166 valence electrons. The zero-order valence-electron chi connectivity index (χ0n) is 17.4. The molecule has 1 N–H and O–H groups in total. The van der Waals surface area contributed by atoms with Crippen LogP contribution in [0, 0.1) is 11.6 Å². The van der Waals surface area contributed by atoms with Gasteiger partial charge in [-0.25, -0.2) is 21.9 Å². The first-order valence-electron chi connectivity index (χ1n) is 10.00. The summed E-state index contributed by atoms with van der Waals surface area (Å²) in [6.07, 6.45) is 1.85. The van der Waals surface area contributed by atoms with Crippen molar-refractivity contribution in [3.63, 3.8) is 0 Å². The summed E-state index contributed by atoms with van der Waals surface area (Å²) in [5.41, 5.74) is 3.88. The second-order valence-electron chi connectivity index (χ2n) is 7.66. The average molecular weight is 458 g/mol. The van der Waals surface area contributed by atoms with Gasteiger partial charge in [-0.2, -0.15) is 0 Å². The number of benzene rings is 2. The molecular weight excluding hydrogens is 436 g/mol. The van der Waals surface area contributed by atoms with E-state index in [4.69, 9.17) is 4.99 Å². The number of thiol groups is 1. The van der Waals surface area contributed by atoms with Crippen molar-refractivity contribution in [2.45, 2.75) is 19.4 Å². The Labute approximate surface area is 185 Å². The summed E-state index contributed by atoms with van der Waals surface area (Å²) in [5.74, 6) is -0.893. The quantitative estimate of drug-likeness (QED) is 0.579. The predicted molar refractivity (Wildman–Crippen MR) is 120 cm³/mol. The summed E-state index contributed by atoms with van der Waals surface area (Å²) in [4.78, 5) is 17.1. The summed E-state index contributed by atoms with van der Waals surface area (Å²) >= 11 is 0. The molecule has 0 unspecified atom stereocenters. The average Bonchev–Trinajstić information content (AvgIpc) is 2.84. The Morgan fingerprint density at radius 1 is 1.06 bits per heavy atom. The highest BCUT2D eigenvalue weighted by molar-refractivity contribution is 7.70. The van der Waals surface area contributed by atoms with Crippen molar-refractivity contribution in [1.29, 1.82) is 0 Å². The molecule has 2 heterocycles. The maximum absolute atomic E-state index is 15.1. The Morgan fingerprint density at radius 3 is 2.47 bits per heavy atom. The highest BCUT2D eigenvalue weighted by atomic mass is 32.2. The Morgan fingerprint density at radius 2 is 1.78 bits per heavy atom. The highest BCUT2D eigenvalue weighted by Crippen LogP contribution is 2.38. The number of hydrogen-bond acceptors (Lipinski definition) is 4. The van der Waals surface area contributed by atoms with Crippen molar-refractivity contribution in [3.05, 3.63) is 92.9 Å². The van der Waals surface area contributed by atoms with Crippen LogP contribution in [0.4, 0.5) is 8.78 Å². The number of nitrogens with zero attached hydrogens (tertiary/aromatic N) is 2. The SMILES string of the molecule is C[C@@H]1N=C(c2ccc(F)cc2)c2cc(F)c(CCN[SH](=O)=O)cc2-c2cn(C)c(=O)cc21. The van der Waals surface area contributed by atoms with E-state index < -0.39 is 28.6 Å². The third-order valence-corrected chi connectivity index (χ3v) is 6.00. The zero-order valence-corrected chi connectivity index (χ0v) is 18.3. The molecule has 0 radical (unpaired) electrons. The zero-order chi connectivity index (χ0) is 23.0. The molecule has 9 heteroatoms. The van der Waals surface area contributed by atoms with Crippen LogP contribution in [-0.4, -0.2) is 25.2 Å². The Kier molecular flexibility index (Phi) is 6.03. The van der Waals surface area contributed by atoms with Crippen LogP contribution in [0.25, 0.3) is 11.1 Å². The van der Waals surface area contributed by atoms with Gasteiger partial charge < -0.3 is 4.57 Å². The lowest BCUT2D eigenvalue weighted by Gasteiger charge is -2.15. The van der Waals surface area contributed by atoms with E-state index in [1.54, 1.807) is 31.4 Å². The van der Waals surface area contributed by atoms with E-state index in [2.05, 4.69) is 4.72 Å². The van der Waals surface area contributed by atoms with Gasteiger partial charge in [0.25, 0.3) is 5.56 Å². The van der Waals surface area contributed by atoms with Crippen molar-refractivity contribution < 1.29 is 17.2 Å². The van der Waals surface area contributed by atoms with Crippen LogP contribution in [-0.2, 0) is 24.4 Å². The number of nitrogens with one attached hydrogen (secondary N) is 1. The molecule has 32 heavy (non-hydrogen) atoms. The number of aryl methyl sites for hydroxylation is 1. The minimum Gasteiger partial charge on any atom is -0.318 e. The number of halogens is 2. The second-order valence-corrected chi connectivity index (χ2v) is 8.49. The van der Waals surface area contributed by atoms with E-state index in [1.807, 2.05) is 6.92 Å².